The van der Waals surface area contributed by atoms with E-state index in [4.69, 9.17) is 0 Å². The van der Waals surface area contributed by atoms with Gasteiger partial charge >= 0.3 is 0 Å². The Morgan fingerprint density at radius 2 is 1.92 bits per heavy atom. The molecule has 1 aliphatic rings. The van der Waals surface area contributed by atoms with Crippen LogP contribution in [0, 0.1) is 6.92 Å². The number of aryl methyl sites for hydroxylation is 1. The van der Waals surface area contributed by atoms with Crippen LogP contribution in [0.5, 0.6) is 0 Å². The van der Waals surface area contributed by atoms with E-state index >= 15 is 0 Å². The van der Waals surface area contributed by atoms with Gasteiger partial charge in [-0.25, -0.2) is 4.58 Å². The van der Waals surface area contributed by atoms with Crippen LogP contribution in [-0.2, 0) is 0 Å². The van der Waals surface area contributed by atoms with Crippen molar-refractivity contribution in [3.8, 4) is 0 Å². The fourth-order valence-electron chi connectivity index (χ4n) is 2.03. The number of hydrogen-bond acceptors (Lipinski definition) is 0. The maximum Gasteiger partial charge on any atom is 0.208 e. The minimum Gasteiger partial charge on any atom is -0.202 e. The van der Waals surface area contributed by atoms with E-state index in [1.54, 1.807) is 0 Å². The lowest BCUT2D eigenvalue weighted by Crippen LogP contribution is -2.06. The first-order valence-corrected chi connectivity index (χ1v) is 4.79. The number of fused-ring (bicyclic) bond motifs is 1. The molecule has 0 aliphatic carbocycles. The summed E-state index contributed by atoms with van der Waals surface area (Å²) in [6.07, 6.45) is 0. The summed E-state index contributed by atoms with van der Waals surface area (Å²) in [7, 11) is 2.15. The fraction of sp³-hybridized carbons (Fsp3) is 0.417. The molecular formula is C12H16N+. The lowest BCUT2D eigenvalue weighted by atomic mass is 9.97. The molecule has 0 fully saturated rings. The van der Waals surface area contributed by atoms with Gasteiger partial charge in [0.05, 0.1) is 5.92 Å². The van der Waals surface area contributed by atoms with Crippen molar-refractivity contribution < 1.29 is 4.58 Å². The molecule has 1 heterocycles. The summed E-state index contributed by atoms with van der Waals surface area (Å²) in [5, 5.41) is 0. The molecule has 1 unspecified atom stereocenters. The van der Waals surface area contributed by atoms with Crippen LogP contribution in [0.25, 0.3) is 0 Å². The Bertz CT molecular complexity index is 388. The molecule has 1 atom stereocenters. The van der Waals surface area contributed by atoms with Crippen molar-refractivity contribution in [1.29, 1.82) is 0 Å². The summed E-state index contributed by atoms with van der Waals surface area (Å²) < 4.78 is 2.29. The summed E-state index contributed by atoms with van der Waals surface area (Å²) in [5.41, 5.74) is 5.64. The zero-order chi connectivity index (χ0) is 9.59. The van der Waals surface area contributed by atoms with E-state index in [1.807, 2.05) is 0 Å². The van der Waals surface area contributed by atoms with E-state index < -0.39 is 0 Å². The van der Waals surface area contributed by atoms with Crippen molar-refractivity contribution in [1.82, 2.24) is 0 Å². The Morgan fingerprint density at radius 1 is 1.23 bits per heavy atom. The molecule has 0 amide bonds. The van der Waals surface area contributed by atoms with Crippen LogP contribution in [0.15, 0.2) is 18.2 Å². The van der Waals surface area contributed by atoms with Crippen molar-refractivity contribution in [3.05, 3.63) is 29.3 Å². The minimum atomic E-state index is 0.583. The SMILES string of the molecule is CC1=[N+](C)c2ccc(C)cc2C1C. The van der Waals surface area contributed by atoms with Gasteiger partial charge in [0.2, 0.25) is 5.69 Å². The Labute approximate surface area is 79.7 Å². The summed E-state index contributed by atoms with van der Waals surface area (Å²) in [6, 6.07) is 6.70. The zero-order valence-corrected chi connectivity index (χ0v) is 8.76. The predicted octanol–water partition coefficient (Wildman–Crippen LogP) is 2.85. The first kappa shape index (κ1) is 8.49. The summed E-state index contributed by atoms with van der Waals surface area (Å²) in [6.45, 7) is 6.64. The largest absolute Gasteiger partial charge is 0.208 e. The molecule has 0 N–H and O–H groups in total. The van der Waals surface area contributed by atoms with Crippen LogP contribution < -0.4 is 0 Å². The number of rotatable bonds is 0. The van der Waals surface area contributed by atoms with Gasteiger partial charge in [0.25, 0.3) is 0 Å². The van der Waals surface area contributed by atoms with Crippen molar-refractivity contribution in [3.63, 3.8) is 0 Å². The smallest absolute Gasteiger partial charge is 0.202 e. The van der Waals surface area contributed by atoms with Gasteiger partial charge in [-0.2, -0.15) is 0 Å². The third-order valence-corrected chi connectivity index (χ3v) is 3.17. The Balaban J connectivity index is 2.64. The van der Waals surface area contributed by atoms with Gasteiger partial charge in [-0.1, -0.05) is 11.6 Å². The third-order valence-electron chi connectivity index (χ3n) is 3.17. The van der Waals surface area contributed by atoms with Gasteiger partial charge in [0.1, 0.15) is 7.05 Å². The molecule has 13 heavy (non-hydrogen) atoms. The molecule has 1 aromatic carbocycles. The molecule has 1 aliphatic heterocycles. The first-order valence-electron chi connectivity index (χ1n) is 4.79. The van der Waals surface area contributed by atoms with Gasteiger partial charge in [-0.3, -0.25) is 0 Å². The van der Waals surface area contributed by atoms with Crippen molar-refractivity contribution in [2.75, 3.05) is 7.05 Å². The second kappa shape index (κ2) is 2.69. The molecule has 0 radical (unpaired) electrons. The van der Waals surface area contributed by atoms with Crippen molar-refractivity contribution in [2.24, 2.45) is 0 Å². The van der Waals surface area contributed by atoms with Crippen LogP contribution in [0.1, 0.15) is 30.9 Å². The van der Waals surface area contributed by atoms with E-state index in [9.17, 15) is 0 Å². The van der Waals surface area contributed by atoms with Gasteiger partial charge in [0, 0.05) is 18.6 Å². The predicted molar refractivity (Wildman–Crippen MR) is 56.1 cm³/mol. The molecule has 68 valence electrons. The molecular weight excluding hydrogens is 158 g/mol. The first-order chi connectivity index (χ1) is 6.11. The zero-order valence-electron chi connectivity index (χ0n) is 8.76. The molecule has 1 aromatic rings. The van der Waals surface area contributed by atoms with Gasteiger partial charge < -0.3 is 0 Å². The molecule has 0 bridgehead atoms. The van der Waals surface area contributed by atoms with E-state index in [2.05, 4.69) is 50.6 Å². The second-order valence-corrected chi connectivity index (χ2v) is 3.98. The van der Waals surface area contributed by atoms with Crippen LogP contribution in [0.3, 0.4) is 0 Å². The molecule has 2 rings (SSSR count). The lowest BCUT2D eigenvalue weighted by molar-refractivity contribution is -0.402. The highest BCUT2D eigenvalue weighted by atomic mass is 15.0. The molecule has 0 aromatic heterocycles. The Hall–Kier alpha value is -1.11. The van der Waals surface area contributed by atoms with Crippen LogP contribution in [-0.4, -0.2) is 17.3 Å². The maximum atomic E-state index is 2.30. The Morgan fingerprint density at radius 3 is 2.62 bits per heavy atom. The average Bonchev–Trinajstić information content (AvgIpc) is 2.32. The van der Waals surface area contributed by atoms with E-state index in [0.29, 0.717) is 5.92 Å². The van der Waals surface area contributed by atoms with E-state index in [0.717, 1.165) is 0 Å². The molecule has 0 saturated carbocycles. The molecule has 1 heteroatoms. The Kier molecular flexibility index (Phi) is 1.76. The highest BCUT2D eigenvalue weighted by molar-refractivity contribution is 5.89. The number of nitrogens with zero attached hydrogens (tertiary/aromatic N) is 1. The van der Waals surface area contributed by atoms with E-state index in [-0.39, 0.29) is 0 Å². The molecule has 0 saturated heterocycles. The number of hydrogen-bond donors (Lipinski definition) is 0. The third kappa shape index (κ3) is 1.11. The lowest BCUT2D eigenvalue weighted by Gasteiger charge is -2.00. The average molecular weight is 174 g/mol. The van der Waals surface area contributed by atoms with Crippen LogP contribution in [0.4, 0.5) is 5.69 Å². The van der Waals surface area contributed by atoms with Gasteiger partial charge in [0.15, 0.2) is 5.71 Å². The van der Waals surface area contributed by atoms with Gasteiger partial charge in [-0.05, 0) is 19.9 Å². The van der Waals surface area contributed by atoms with Crippen LogP contribution in [0.2, 0.25) is 0 Å². The maximum absolute atomic E-state index is 2.30. The summed E-state index contributed by atoms with van der Waals surface area (Å²) in [4.78, 5) is 0. The summed E-state index contributed by atoms with van der Waals surface area (Å²) >= 11 is 0. The number of benzene rings is 1. The van der Waals surface area contributed by atoms with Crippen molar-refractivity contribution >= 4 is 11.4 Å². The summed E-state index contributed by atoms with van der Waals surface area (Å²) in [5.74, 6) is 0.583. The minimum absolute atomic E-state index is 0.583. The fourth-order valence-corrected chi connectivity index (χ4v) is 2.03. The monoisotopic (exact) mass is 174 g/mol. The van der Waals surface area contributed by atoms with E-state index in [1.165, 1.54) is 22.5 Å². The quantitative estimate of drug-likeness (QED) is 0.532. The molecule has 0 spiro atoms. The second-order valence-electron chi connectivity index (χ2n) is 3.98. The van der Waals surface area contributed by atoms with Crippen molar-refractivity contribution in [2.45, 2.75) is 26.7 Å². The highest BCUT2D eigenvalue weighted by Crippen LogP contribution is 2.34. The van der Waals surface area contributed by atoms with Crippen LogP contribution >= 0.6 is 0 Å². The standard InChI is InChI=1S/C12H16N/c1-8-5-6-12-11(7-8)9(2)10(3)13(12)4/h5-7,9H,1-4H3/q+1. The highest BCUT2D eigenvalue weighted by Gasteiger charge is 2.30. The topological polar surface area (TPSA) is 3.01 Å². The molecule has 1 nitrogen and oxygen atoms in total. The van der Waals surface area contributed by atoms with Gasteiger partial charge in [-0.15, -0.1) is 0 Å². The normalized spacial score (nSPS) is 20.8.